The number of ketones is 1. The fourth-order valence-corrected chi connectivity index (χ4v) is 1.46. The maximum atomic E-state index is 11.7. The van der Waals surface area contributed by atoms with Gasteiger partial charge in [0, 0.05) is 36.6 Å². The summed E-state index contributed by atoms with van der Waals surface area (Å²) in [5.74, 6) is -0.0579. The highest BCUT2D eigenvalue weighted by Gasteiger charge is 2.14. The van der Waals surface area contributed by atoms with Crippen LogP contribution in [-0.4, -0.2) is 31.3 Å². The molecule has 0 spiro atoms. The van der Waals surface area contributed by atoms with Gasteiger partial charge >= 0.3 is 0 Å². The van der Waals surface area contributed by atoms with Gasteiger partial charge < -0.3 is 9.47 Å². The van der Waals surface area contributed by atoms with Crippen LogP contribution >= 0.6 is 15.9 Å². The van der Waals surface area contributed by atoms with Crippen molar-refractivity contribution in [1.29, 1.82) is 0 Å². The number of pyridine rings is 1. The maximum absolute atomic E-state index is 11.7. The third-order valence-corrected chi connectivity index (χ3v) is 2.34. The summed E-state index contributed by atoms with van der Waals surface area (Å²) in [7, 11) is 3.00. The van der Waals surface area contributed by atoms with Crippen LogP contribution in [0.1, 0.15) is 16.8 Å². The molecule has 5 heteroatoms. The summed E-state index contributed by atoms with van der Waals surface area (Å²) in [5.41, 5.74) is 0.545. The monoisotopic (exact) mass is 273 g/mol. The topological polar surface area (TPSA) is 48.4 Å². The second-order valence-corrected chi connectivity index (χ2v) is 3.84. The lowest BCUT2D eigenvalue weighted by Crippen LogP contribution is -2.18. The lowest BCUT2D eigenvalue weighted by atomic mass is 10.1. The van der Waals surface area contributed by atoms with Crippen LogP contribution in [-0.2, 0) is 9.47 Å². The van der Waals surface area contributed by atoms with E-state index in [0.717, 1.165) is 4.47 Å². The van der Waals surface area contributed by atoms with E-state index in [1.807, 2.05) is 0 Å². The van der Waals surface area contributed by atoms with Gasteiger partial charge in [-0.15, -0.1) is 0 Å². The van der Waals surface area contributed by atoms with Crippen molar-refractivity contribution in [2.24, 2.45) is 0 Å². The summed E-state index contributed by atoms with van der Waals surface area (Å²) in [4.78, 5) is 15.6. The molecule has 15 heavy (non-hydrogen) atoms. The number of hydrogen-bond acceptors (Lipinski definition) is 4. The van der Waals surface area contributed by atoms with E-state index in [1.165, 1.54) is 20.4 Å². The molecule has 1 aromatic heterocycles. The van der Waals surface area contributed by atoms with Crippen molar-refractivity contribution in [1.82, 2.24) is 4.98 Å². The molecule has 0 amide bonds. The van der Waals surface area contributed by atoms with E-state index >= 15 is 0 Å². The number of aromatic nitrogens is 1. The molecule has 0 aromatic carbocycles. The predicted molar refractivity (Wildman–Crippen MR) is 58.7 cm³/mol. The molecule has 1 heterocycles. The van der Waals surface area contributed by atoms with E-state index in [9.17, 15) is 4.79 Å². The molecule has 0 unspecified atom stereocenters. The molecule has 1 aromatic rings. The number of carbonyl (C=O) groups excluding carboxylic acids is 1. The third kappa shape index (κ3) is 3.70. The molecule has 0 N–H and O–H groups in total. The zero-order valence-electron chi connectivity index (χ0n) is 8.57. The van der Waals surface area contributed by atoms with E-state index in [-0.39, 0.29) is 12.2 Å². The van der Waals surface area contributed by atoms with Crippen LogP contribution in [0.4, 0.5) is 0 Å². The predicted octanol–water partition coefficient (Wildman–Crippen LogP) is 2.04. The number of ether oxygens (including phenoxy) is 2. The van der Waals surface area contributed by atoms with E-state index in [4.69, 9.17) is 9.47 Å². The van der Waals surface area contributed by atoms with Crippen molar-refractivity contribution in [2.75, 3.05) is 14.2 Å². The second kappa shape index (κ2) is 5.95. The van der Waals surface area contributed by atoms with Gasteiger partial charge in [-0.25, -0.2) is 0 Å². The molecule has 4 nitrogen and oxygen atoms in total. The van der Waals surface area contributed by atoms with Gasteiger partial charge in [0.15, 0.2) is 12.1 Å². The summed E-state index contributed by atoms with van der Waals surface area (Å²) in [6, 6.07) is 1.72. The summed E-state index contributed by atoms with van der Waals surface area (Å²) in [5, 5.41) is 0. The van der Waals surface area contributed by atoms with Gasteiger partial charge in [0.05, 0.1) is 6.42 Å². The number of methoxy groups -OCH3 is 2. The number of rotatable bonds is 5. The molecule has 0 saturated carbocycles. The molecule has 0 aliphatic heterocycles. The molecule has 82 valence electrons. The van der Waals surface area contributed by atoms with Gasteiger partial charge in [-0.2, -0.15) is 0 Å². The van der Waals surface area contributed by atoms with E-state index in [0.29, 0.717) is 5.56 Å². The normalized spacial score (nSPS) is 10.7. The van der Waals surface area contributed by atoms with Crippen molar-refractivity contribution in [3.63, 3.8) is 0 Å². The Hall–Kier alpha value is -0.780. The molecule has 0 radical (unpaired) electrons. The van der Waals surface area contributed by atoms with Crippen LogP contribution in [0.15, 0.2) is 22.9 Å². The average molecular weight is 274 g/mol. The zero-order valence-corrected chi connectivity index (χ0v) is 10.2. The Morgan fingerprint density at radius 3 is 2.67 bits per heavy atom. The van der Waals surface area contributed by atoms with Crippen molar-refractivity contribution in [2.45, 2.75) is 12.7 Å². The number of carbonyl (C=O) groups is 1. The smallest absolute Gasteiger partial charge is 0.169 e. The van der Waals surface area contributed by atoms with Crippen LogP contribution in [0.2, 0.25) is 0 Å². The largest absolute Gasteiger partial charge is 0.355 e. The number of halogens is 1. The van der Waals surface area contributed by atoms with Gasteiger partial charge in [0.25, 0.3) is 0 Å². The summed E-state index contributed by atoms with van der Waals surface area (Å²) in [6.45, 7) is 0. The number of nitrogens with zero attached hydrogens (tertiary/aromatic N) is 1. The van der Waals surface area contributed by atoms with Crippen LogP contribution < -0.4 is 0 Å². The molecule has 0 aliphatic rings. The Balaban J connectivity index is 2.68. The van der Waals surface area contributed by atoms with Gasteiger partial charge in [0.2, 0.25) is 0 Å². The minimum Gasteiger partial charge on any atom is -0.355 e. The van der Waals surface area contributed by atoms with Gasteiger partial charge in [0.1, 0.15) is 0 Å². The van der Waals surface area contributed by atoms with Crippen LogP contribution in [0.25, 0.3) is 0 Å². The standard InChI is InChI=1S/C10H12BrNO3/c1-14-10(15-2)4-9(13)7-3-8(11)6-12-5-7/h3,5-6,10H,4H2,1-2H3. The molecule has 0 fully saturated rings. The van der Waals surface area contributed by atoms with Gasteiger partial charge in [-0.3, -0.25) is 9.78 Å². The SMILES string of the molecule is COC(CC(=O)c1cncc(Br)c1)OC. The zero-order chi connectivity index (χ0) is 11.3. The molecular formula is C10H12BrNO3. The van der Waals surface area contributed by atoms with Crippen LogP contribution in [0, 0.1) is 0 Å². The molecule has 0 bridgehead atoms. The Labute approximate surface area is 96.7 Å². The molecule has 1 rings (SSSR count). The van der Waals surface area contributed by atoms with Crippen LogP contribution in [0.3, 0.4) is 0 Å². The Morgan fingerprint density at radius 2 is 2.13 bits per heavy atom. The average Bonchev–Trinajstić information content (AvgIpc) is 2.25. The highest BCUT2D eigenvalue weighted by molar-refractivity contribution is 9.10. The minimum atomic E-state index is -0.503. The fourth-order valence-electron chi connectivity index (χ4n) is 1.10. The first-order valence-corrected chi connectivity index (χ1v) is 5.16. The van der Waals surface area contributed by atoms with Crippen molar-refractivity contribution < 1.29 is 14.3 Å². The van der Waals surface area contributed by atoms with Gasteiger partial charge in [-0.05, 0) is 22.0 Å². The van der Waals surface area contributed by atoms with Crippen LogP contribution in [0.5, 0.6) is 0 Å². The summed E-state index contributed by atoms with van der Waals surface area (Å²) in [6.07, 6.45) is 2.83. The Kier molecular flexibility index (Phi) is 4.87. The van der Waals surface area contributed by atoms with Crippen molar-refractivity contribution >= 4 is 21.7 Å². The highest BCUT2D eigenvalue weighted by Crippen LogP contribution is 2.12. The van der Waals surface area contributed by atoms with E-state index in [1.54, 1.807) is 12.3 Å². The first-order chi connectivity index (χ1) is 7.17. The van der Waals surface area contributed by atoms with Crippen molar-refractivity contribution in [3.8, 4) is 0 Å². The first-order valence-electron chi connectivity index (χ1n) is 4.36. The summed E-state index contributed by atoms with van der Waals surface area (Å²) >= 11 is 3.25. The molecule has 0 atom stereocenters. The quantitative estimate of drug-likeness (QED) is 0.609. The lowest BCUT2D eigenvalue weighted by molar-refractivity contribution is -0.0993. The maximum Gasteiger partial charge on any atom is 0.169 e. The Morgan fingerprint density at radius 1 is 1.47 bits per heavy atom. The molecular weight excluding hydrogens is 262 g/mol. The molecule has 0 aliphatic carbocycles. The first kappa shape index (κ1) is 12.3. The highest BCUT2D eigenvalue weighted by atomic mass is 79.9. The third-order valence-electron chi connectivity index (χ3n) is 1.90. The van der Waals surface area contributed by atoms with Crippen molar-refractivity contribution in [3.05, 3.63) is 28.5 Å². The minimum absolute atomic E-state index is 0.0579. The fraction of sp³-hybridized carbons (Fsp3) is 0.400. The Bertz CT molecular complexity index is 339. The van der Waals surface area contributed by atoms with Gasteiger partial charge in [-0.1, -0.05) is 0 Å². The second-order valence-electron chi connectivity index (χ2n) is 2.92. The lowest BCUT2D eigenvalue weighted by Gasteiger charge is -2.11. The molecule has 0 saturated heterocycles. The summed E-state index contributed by atoms with van der Waals surface area (Å²) < 4.78 is 10.7. The number of hydrogen-bond donors (Lipinski definition) is 0. The van der Waals surface area contributed by atoms with E-state index in [2.05, 4.69) is 20.9 Å². The number of Topliss-reactive ketones (excluding diaryl/α,β-unsaturated/α-hetero) is 1. The van der Waals surface area contributed by atoms with E-state index < -0.39 is 6.29 Å².